The van der Waals surface area contributed by atoms with Gasteiger partial charge in [-0.1, -0.05) is 42.5 Å². The van der Waals surface area contributed by atoms with Gasteiger partial charge in [0.15, 0.2) is 0 Å². The van der Waals surface area contributed by atoms with E-state index in [2.05, 4.69) is 27.9 Å². The van der Waals surface area contributed by atoms with Crippen LogP contribution in [0.4, 0.5) is 0 Å². The van der Waals surface area contributed by atoms with E-state index in [0.717, 1.165) is 14.7 Å². The van der Waals surface area contributed by atoms with E-state index in [1.807, 2.05) is 54.6 Å². The molecule has 2 rings (SSSR count). The van der Waals surface area contributed by atoms with Gasteiger partial charge in [0, 0.05) is 16.4 Å². The molecule has 0 unspecified atom stereocenters. The highest BCUT2D eigenvalue weighted by atomic mass is 127. The molecular formula is C18H19IN2O2. The Hall–Kier alpha value is -1.89. The average molecular weight is 422 g/mol. The van der Waals surface area contributed by atoms with Gasteiger partial charge in [-0.2, -0.15) is 0 Å². The summed E-state index contributed by atoms with van der Waals surface area (Å²) in [5.74, 6) is -0.681. The molecule has 0 fully saturated rings. The number of nitrogens with two attached hydrogens (primary N) is 1. The summed E-state index contributed by atoms with van der Waals surface area (Å²) in [6.45, 7) is 0. The molecule has 120 valence electrons. The molecule has 0 saturated heterocycles. The molecule has 0 bridgehead atoms. The van der Waals surface area contributed by atoms with Crippen LogP contribution < -0.4 is 11.1 Å². The number of amides is 2. The van der Waals surface area contributed by atoms with Gasteiger partial charge in [-0.3, -0.25) is 9.59 Å². The van der Waals surface area contributed by atoms with Crippen LogP contribution in [0.3, 0.4) is 0 Å². The highest BCUT2D eigenvalue weighted by molar-refractivity contribution is 14.1. The molecule has 0 saturated carbocycles. The summed E-state index contributed by atoms with van der Waals surface area (Å²) in [7, 11) is 0. The molecule has 3 N–H and O–H groups in total. The molecule has 5 heteroatoms. The van der Waals surface area contributed by atoms with E-state index in [1.165, 1.54) is 0 Å². The maximum absolute atomic E-state index is 12.1. The van der Waals surface area contributed by atoms with Gasteiger partial charge < -0.3 is 11.1 Å². The van der Waals surface area contributed by atoms with Crippen LogP contribution in [-0.4, -0.2) is 17.9 Å². The molecule has 2 amide bonds. The van der Waals surface area contributed by atoms with Crippen LogP contribution in [0, 0.1) is 3.57 Å². The molecule has 1 atom stereocenters. The number of rotatable bonds is 7. The van der Waals surface area contributed by atoms with Crippen LogP contribution in [0.15, 0.2) is 54.6 Å². The Kier molecular flexibility index (Phi) is 6.58. The Labute approximate surface area is 149 Å². The average Bonchev–Trinajstić information content (AvgIpc) is 2.55. The standard InChI is InChI=1S/C18H19IN2O2/c19-15-9-6-14(7-10-15)12-16(18(20)23)21-17(22)11-8-13-4-2-1-3-5-13/h1-7,9-10,16H,8,11-12H2,(H2,20,23)(H,21,22)/t16-/m1/s1. The number of primary amides is 1. The number of nitrogens with one attached hydrogen (secondary N) is 1. The van der Waals surface area contributed by atoms with E-state index < -0.39 is 11.9 Å². The lowest BCUT2D eigenvalue weighted by molar-refractivity contribution is -0.127. The van der Waals surface area contributed by atoms with Crippen molar-refractivity contribution in [1.82, 2.24) is 5.32 Å². The Morgan fingerprint density at radius 3 is 2.26 bits per heavy atom. The van der Waals surface area contributed by atoms with E-state index in [9.17, 15) is 9.59 Å². The van der Waals surface area contributed by atoms with Crippen molar-refractivity contribution in [2.45, 2.75) is 25.3 Å². The van der Waals surface area contributed by atoms with Crippen LogP contribution >= 0.6 is 22.6 Å². The zero-order valence-corrected chi connectivity index (χ0v) is 14.8. The monoisotopic (exact) mass is 422 g/mol. The zero-order valence-electron chi connectivity index (χ0n) is 12.7. The van der Waals surface area contributed by atoms with Crippen LogP contribution in [0.2, 0.25) is 0 Å². The molecule has 0 aliphatic carbocycles. The fraction of sp³-hybridized carbons (Fsp3) is 0.222. The van der Waals surface area contributed by atoms with Gasteiger partial charge >= 0.3 is 0 Å². The van der Waals surface area contributed by atoms with Crippen molar-refractivity contribution < 1.29 is 9.59 Å². The van der Waals surface area contributed by atoms with Gasteiger partial charge in [0.25, 0.3) is 0 Å². The number of hydrogen-bond donors (Lipinski definition) is 2. The summed E-state index contributed by atoms with van der Waals surface area (Å²) in [4.78, 5) is 23.6. The number of benzene rings is 2. The second-order valence-corrected chi connectivity index (χ2v) is 6.58. The van der Waals surface area contributed by atoms with Crippen LogP contribution in [0.5, 0.6) is 0 Å². The van der Waals surface area contributed by atoms with Crippen molar-refractivity contribution in [2.24, 2.45) is 5.73 Å². The Morgan fingerprint density at radius 1 is 1.00 bits per heavy atom. The molecule has 2 aromatic carbocycles. The smallest absolute Gasteiger partial charge is 0.240 e. The first-order valence-corrected chi connectivity index (χ1v) is 8.49. The highest BCUT2D eigenvalue weighted by Gasteiger charge is 2.18. The zero-order chi connectivity index (χ0) is 16.7. The maximum Gasteiger partial charge on any atom is 0.240 e. The summed E-state index contributed by atoms with van der Waals surface area (Å²) in [6, 6.07) is 16.9. The molecule has 0 aliphatic rings. The third-order valence-electron chi connectivity index (χ3n) is 3.52. The minimum atomic E-state index is -0.682. The van der Waals surface area contributed by atoms with Gasteiger partial charge in [-0.15, -0.1) is 0 Å². The fourth-order valence-electron chi connectivity index (χ4n) is 2.25. The second kappa shape index (κ2) is 8.67. The number of carbonyl (C=O) groups is 2. The lowest BCUT2D eigenvalue weighted by atomic mass is 10.0. The summed E-state index contributed by atoms with van der Waals surface area (Å²) in [5.41, 5.74) is 7.48. The van der Waals surface area contributed by atoms with Gasteiger partial charge in [-0.05, 0) is 52.3 Å². The largest absolute Gasteiger partial charge is 0.368 e. The minimum absolute atomic E-state index is 0.164. The Balaban J connectivity index is 1.89. The molecule has 0 aliphatic heterocycles. The molecule has 0 radical (unpaired) electrons. The van der Waals surface area contributed by atoms with Gasteiger partial charge in [-0.25, -0.2) is 0 Å². The Bertz CT molecular complexity index is 656. The van der Waals surface area contributed by atoms with Gasteiger partial charge in [0.1, 0.15) is 6.04 Å². The van der Waals surface area contributed by atoms with Crippen molar-refractivity contribution in [1.29, 1.82) is 0 Å². The molecular weight excluding hydrogens is 403 g/mol. The van der Waals surface area contributed by atoms with Crippen LogP contribution in [0.25, 0.3) is 0 Å². The molecule has 2 aromatic rings. The van der Waals surface area contributed by atoms with E-state index in [4.69, 9.17) is 5.73 Å². The molecule has 0 spiro atoms. The van der Waals surface area contributed by atoms with Crippen LogP contribution in [0.1, 0.15) is 17.5 Å². The van der Waals surface area contributed by atoms with E-state index in [0.29, 0.717) is 19.3 Å². The topological polar surface area (TPSA) is 72.2 Å². The molecule has 0 heterocycles. The van der Waals surface area contributed by atoms with Crippen molar-refractivity contribution in [3.8, 4) is 0 Å². The number of hydrogen-bond acceptors (Lipinski definition) is 2. The minimum Gasteiger partial charge on any atom is -0.368 e. The first-order chi connectivity index (χ1) is 11.0. The molecule has 23 heavy (non-hydrogen) atoms. The number of aryl methyl sites for hydroxylation is 1. The summed E-state index contributed by atoms with van der Waals surface area (Å²) in [6.07, 6.45) is 1.38. The van der Waals surface area contributed by atoms with Gasteiger partial charge in [0.2, 0.25) is 11.8 Å². The molecule has 4 nitrogen and oxygen atoms in total. The predicted molar refractivity (Wildman–Crippen MR) is 98.8 cm³/mol. The van der Waals surface area contributed by atoms with Gasteiger partial charge in [0.05, 0.1) is 0 Å². The third kappa shape index (κ3) is 6.02. The van der Waals surface area contributed by atoms with E-state index >= 15 is 0 Å². The maximum atomic E-state index is 12.1. The van der Waals surface area contributed by atoms with Crippen molar-refractivity contribution in [3.05, 3.63) is 69.3 Å². The summed E-state index contributed by atoms with van der Waals surface area (Å²) < 4.78 is 1.12. The SMILES string of the molecule is NC(=O)[C@@H](Cc1ccc(I)cc1)NC(=O)CCc1ccccc1. The van der Waals surface area contributed by atoms with Crippen molar-refractivity contribution >= 4 is 34.4 Å². The number of carbonyl (C=O) groups excluding carboxylic acids is 2. The predicted octanol–water partition coefficient (Wildman–Crippen LogP) is 2.44. The second-order valence-electron chi connectivity index (χ2n) is 5.34. The van der Waals surface area contributed by atoms with Crippen molar-refractivity contribution in [2.75, 3.05) is 0 Å². The van der Waals surface area contributed by atoms with Crippen LogP contribution in [-0.2, 0) is 22.4 Å². The highest BCUT2D eigenvalue weighted by Crippen LogP contribution is 2.09. The normalized spacial score (nSPS) is 11.7. The summed E-state index contributed by atoms with van der Waals surface area (Å²) in [5, 5.41) is 2.73. The lowest BCUT2D eigenvalue weighted by Gasteiger charge is -2.15. The fourth-order valence-corrected chi connectivity index (χ4v) is 2.61. The first-order valence-electron chi connectivity index (χ1n) is 7.41. The lowest BCUT2D eigenvalue weighted by Crippen LogP contribution is -2.45. The first kappa shape index (κ1) is 17.5. The quantitative estimate of drug-likeness (QED) is 0.673. The summed E-state index contributed by atoms with van der Waals surface area (Å²) >= 11 is 2.22. The third-order valence-corrected chi connectivity index (χ3v) is 4.23. The van der Waals surface area contributed by atoms with Crippen molar-refractivity contribution in [3.63, 3.8) is 0 Å². The van der Waals surface area contributed by atoms with E-state index in [-0.39, 0.29) is 5.91 Å². The Morgan fingerprint density at radius 2 is 1.65 bits per heavy atom. The molecule has 0 aromatic heterocycles. The number of halogens is 1. The van der Waals surface area contributed by atoms with E-state index in [1.54, 1.807) is 0 Å².